The third-order valence-corrected chi connectivity index (χ3v) is 4.48. The van der Waals surface area contributed by atoms with Crippen molar-refractivity contribution in [3.05, 3.63) is 77.6 Å². The highest BCUT2D eigenvalue weighted by Gasteiger charge is 2.15. The number of carbonyl (C=O) groups is 1. The molecule has 27 heavy (non-hydrogen) atoms. The molecular formula is C21H22N4O2. The highest BCUT2D eigenvalue weighted by molar-refractivity contribution is 5.96. The molecule has 2 heterocycles. The van der Waals surface area contributed by atoms with E-state index in [1.165, 1.54) is 0 Å². The molecule has 3 aromatic rings. The fraction of sp³-hybridized carbons (Fsp3) is 0.238. The lowest BCUT2D eigenvalue weighted by Crippen LogP contribution is -2.23. The molecule has 138 valence electrons. The van der Waals surface area contributed by atoms with Crippen molar-refractivity contribution >= 4 is 5.91 Å². The largest absolute Gasteiger partial charge is 0.457 e. The SMILES string of the molecule is O=C(NCc1cc2n(n1)CCCNC2)c1ccccc1Oc1ccccc1. The van der Waals surface area contributed by atoms with E-state index in [2.05, 4.69) is 15.7 Å². The predicted molar refractivity (Wildman–Crippen MR) is 103 cm³/mol. The molecule has 0 spiro atoms. The van der Waals surface area contributed by atoms with Crippen molar-refractivity contribution in [3.63, 3.8) is 0 Å². The molecule has 1 aliphatic heterocycles. The van der Waals surface area contributed by atoms with Gasteiger partial charge in [0.05, 0.1) is 23.5 Å². The molecule has 1 aromatic heterocycles. The maximum Gasteiger partial charge on any atom is 0.255 e. The van der Waals surface area contributed by atoms with Crippen LogP contribution in [-0.4, -0.2) is 22.2 Å². The van der Waals surface area contributed by atoms with Crippen LogP contribution in [0, 0.1) is 0 Å². The molecule has 2 N–H and O–H groups in total. The van der Waals surface area contributed by atoms with Crippen molar-refractivity contribution in [2.75, 3.05) is 6.54 Å². The van der Waals surface area contributed by atoms with Gasteiger partial charge in [-0.15, -0.1) is 0 Å². The van der Waals surface area contributed by atoms with E-state index in [1.807, 2.05) is 53.2 Å². The lowest BCUT2D eigenvalue weighted by molar-refractivity contribution is 0.0948. The number of hydrogen-bond donors (Lipinski definition) is 2. The molecule has 0 aliphatic carbocycles. The van der Waals surface area contributed by atoms with Crippen molar-refractivity contribution < 1.29 is 9.53 Å². The second-order valence-corrected chi connectivity index (χ2v) is 6.47. The lowest BCUT2D eigenvalue weighted by atomic mass is 10.2. The van der Waals surface area contributed by atoms with Crippen LogP contribution in [-0.2, 0) is 19.6 Å². The Labute approximate surface area is 158 Å². The standard InChI is InChI=1S/C21H22N4O2/c26-21(23-14-16-13-17-15-22-11-6-12-25(17)24-16)19-9-4-5-10-20(19)27-18-7-2-1-3-8-18/h1-5,7-10,13,22H,6,11-12,14-15H2,(H,23,26). The average molecular weight is 362 g/mol. The highest BCUT2D eigenvalue weighted by atomic mass is 16.5. The molecule has 0 atom stereocenters. The number of nitrogens with one attached hydrogen (secondary N) is 2. The Morgan fingerprint density at radius 3 is 2.85 bits per heavy atom. The number of nitrogens with zero attached hydrogens (tertiary/aromatic N) is 2. The second kappa shape index (κ2) is 8.05. The maximum absolute atomic E-state index is 12.7. The summed E-state index contributed by atoms with van der Waals surface area (Å²) >= 11 is 0. The maximum atomic E-state index is 12.7. The van der Waals surface area contributed by atoms with Crippen molar-refractivity contribution in [2.45, 2.75) is 26.1 Å². The molecule has 0 saturated carbocycles. The van der Waals surface area contributed by atoms with Crippen LogP contribution in [0.4, 0.5) is 0 Å². The van der Waals surface area contributed by atoms with E-state index in [4.69, 9.17) is 4.74 Å². The molecule has 1 amide bonds. The van der Waals surface area contributed by atoms with Gasteiger partial charge in [-0.2, -0.15) is 5.10 Å². The summed E-state index contributed by atoms with van der Waals surface area (Å²) in [6.07, 6.45) is 1.06. The quantitative estimate of drug-likeness (QED) is 0.732. The average Bonchev–Trinajstić information content (AvgIpc) is 2.96. The van der Waals surface area contributed by atoms with Crippen molar-refractivity contribution in [1.82, 2.24) is 20.4 Å². The number of hydrogen-bond acceptors (Lipinski definition) is 4. The van der Waals surface area contributed by atoms with E-state index in [0.29, 0.717) is 23.6 Å². The van der Waals surface area contributed by atoms with Crippen LogP contribution in [0.1, 0.15) is 28.2 Å². The van der Waals surface area contributed by atoms with Crippen LogP contribution < -0.4 is 15.4 Å². The van der Waals surface area contributed by atoms with Gasteiger partial charge in [0.1, 0.15) is 11.5 Å². The van der Waals surface area contributed by atoms with Gasteiger partial charge in [-0.1, -0.05) is 30.3 Å². The molecular weight excluding hydrogens is 340 g/mol. The van der Waals surface area contributed by atoms with Crippen LogP contribution in [0.15, 0.2) is 60.7 Å². The molecule has 1 aliphatic rings. The Morgan fingerprint density at radius 1 is 1.15 bits per heavy atom. The Kier molecular flexibility index (Phi) is 5.16. The third-order valence-electron chi connectivity index (χ3n) is 4.48. The number of amides is 1. The summed E-state index contributed by atoms with van der Waals surface area (Å²) in [6.45, 7) is 3.12. The number of ether oxygens (including phenoxy) is 1. The fourth-order valence-electron chi connectivity index (χ4n) is 3.13. The van der Waals surface area contributed by atoms with E-state index in [0.717, 1.165) is 37.4 Å². The zero-order valence-corrected chi connectivity index (χ0v) is 15.0. The van der Waals surface area contributed by atoms with Gasteiger partial charge in [0.25, 0.3) is 5.91 Å². The normalized spacial score (nSPS) is 13.5. The van der Waals surface area contributed by atoms with Crippen molar-refractivity contribution in [3.8, 4) is 11.5 Å². The van der Waals surface area contributed by atoms with E-state index in [-0.39, 0.29) is 5.91 Å². The van der Waals surface area contributed by atoms with Gasteiger partial charge in [-0.25, -0.2) is 0 Å². The minimum Gasteiger partial charge on any atom is -0.457 e. The minimum absolute atomic E-state index is 0.178. The van der Waals surface area contributed by atoms with Gasteiger partial charge in [-0.3, -0.25) is 9.48 Å². The first-order valence-corrected chi connectivity index (χ1v) is 9.16. The summed E-state index contributed by atoms with van der Waals surface area (Å²) in [5.41, 5.74) is 2.52. The molecule has 0 unspecified atom stereocenters. The van der Waals surface area contributed by atoms with E-state index in [9.17, 15) is 4.79 Å². The third kappa shape index (κ3) is 4.17. The molecule has 0 radical (unpaired) electrons. The fourth-order valence-corrected chi connectivity index (χ4v) is 3.13. The van der Waals surface area contributed by atoms with Crippen molar-refractivity contribution in [1.29, 1.82) is 0 Å². The summed E-state index contributed by atoms with van der Waals surface area (Å²) in [6, 6.07) is 18.7. The Balaban J connectivity index is 1.44. The van der Waals surface area contributed by atoms with Crippen molar-refractivity contribution in [2.24, 2.45) is 0 Å². The molecule has 0 fully saturated rings. The molecule has 0 saturated heterocycles. The number of aryl methyl sites for hydroxylation is 1. The zero-order valence-electron chi connectivity index (χ0n) is 15.0. The number of fused-ring (bicyclic) bond motifs is 1. The first-order chi connectivity index (χ1) is 13.3. The monoisotopic (exact) mass is 362 g/mol. The van der Waals surface area contributed by atoms with Crippen LogP contribution in [0.2, 0.25) is 0 Å². The highest BCUT2D eigenvalue weighted by Crippen LogP contribution is 2.25. The van der Waals surface area contributed by atoms with Crippen LogP contribution in [0.5, 0.6) is 11.5 Å². The first kappa shape index (κ1) is 17.3. The van der Waals surface area contributed by atoms with Crippen LogP contribution in [0.25, 0.3) is 0 Å². The molecule has 2 aromatic carbocycles. The van der Waals surface area contributed by atoms with Crippen LogP contribution >= 0.6 is 0 Å². The number of para-hydroxylation sites is 2. The topological polar surface area (TPSA) is 68.2 Å². The Bertz CT molecular complexity index is 897. The summed E-state index contributed by atoms with van der Waals surface area (Å²) in [5.74, 6) is 1.05. The summed E-state index contributed by atoms with van der Waals surface area (Å²) in [5, 5.41) is 10.9. The van der Waals surface area contributed by atoms with E-state index in [1.54, 1.807) is 12.1 Å². The molecule has 4 rings (SSSR count). The summed E-state index contributed by atoms with van der Waals surface area (Å²) < 4.78 is 7.90. The van der Waals surface area contributed by atoms with Gasteiger partial charge in [-0.05, 0) is 43.3 Å². The number of carbonyl (C=O) groups excluding carboxylic acids is 1. The van der Waals surface area contributed by atoms with Crippen LogP contribution in [0.3, 0.4) is 0 Å². The van der Waals surface area contributed by atoms with Gasteiger partial charge in [0.2, 0.25) is 0 Å². The predicted octanol–water partition coefficient (Wildman–Crippen LogP) is 3.10. The minimum atomic E-state index is -0.178. The Hall–Kier alpha value is -3.12. The first-order valence-electron chi connectivity index (χ1n) is 9.16. The number of benzene rings is 2. The van der Waals surface area contributed by atoms with Gasteiger partial charge >= 0.3 is 0 Å². The van der Waals surface area contributed by atoms with Gasteiger partial charge in [0.15, 0.2) is 0 Å². The second-order valence-electron chi connectivity index (χ2n) is 6.47. The van der Waals surface area contributed by atoms with Gasteiger partial charge in [0, 0.05) is 13.1 Å². The number of aromatic nitrogens is 2. The summed E-state index contributed by atoms with van der Waals surface area (Å²) in [7, 11) is 0. The summed E-state index contributed by atoms with van der Waals surface area (Å²) in [4.78, 5) is 12.7. The van der Waals surface area contributed by atoms with E-state index >= 15 is 0 Å². The number of rotatable bonds is 5. The molecule has 6 nitrogen and oxygen atoms in total. The molecule has 6 heteroatoms. The molecule has 0 bridgehead atoms. The lowest BCUT2D eigenvalue weighted by Gasteiger charge is -2.11. The Morgan fingerprint density at radius 2 is 1.96 bits per heavy atom. The van der Waals surface area contributed by atoms with Gasteiger partial charge < -0.3 is 15.4 Å². The zero-order chi connectivity index (χ0) is 18.5. The smallest absolute Gasteiger partial charge is 0.255 e. The van der Waals surface area contributed by atoms with E-state index < -0.39 is 0 Å².